The first-order valence-corrected chi connectivity index (χ1v) is 17.6. The van der Waals surface area contributed by atoms with Crippen LogP contribution in [0.4, 0.5) is 24.5 Å². The number of halogens is 3. The van der Waals surface area contributed by atoms with E-state index in [-0.39, 0.29) is 35.2 Å². The molecule has 0 amide bonds. The summed E-state index contributed by atoms with van der Waals surface area (Å²) in [5.74, 6) is 0.0797. The van der Waals surface area contributed by atoms with Crippen molar-refractivity contribution in [3.05, 3.63) is 48.5 Å². The lowest BCUT2D eigenvalue weighted by Crippen LogP contribution is -2.55. The fourth-order valence-electron chi connectivity index (χ4n) is 10.8. The first-order chi connectivity index (χ1) is 22.2. The van der Waals surface area contributed by atoms with Gasteiger partial charge in [0.1, 0.15) is 11.5 Å². The molecule has 0 bridgehead atoms. The van der Waals surface area contributed by atoms with Gasteiger partial charge in [0.15, 0.2) is 6.61 Å². The first-order valence-electron chi connectivity index (χ1n) is 17.6. The maximum atomic E-state index is 13.9. The normalized spacial score (nSPS) is 32.8. The zero-order valence-corrected chi connectivity index (χ0v) is 28.0. The Labute approximate surface area is 277 Å². The van der Waals surface area contributed by atoms with Crippen LogP contribution in [-0.4, -0.2) is 24.5 Å². The van der Waals surface area contributed by atoms with Crippen molar-refractivity contribution in [2.45, 2.75) is 103 Å². The van der Waals surface area contributed by atoms with Crippen LogP contribution in [0, 0.1) is 46.3 Å². The van der Waals surface area contributed by atoms with Gasteiger partial charge in [0.25, 0.3) is 0 Å². The molecule has 6 rings (SSSR count). The van der Waals surface area contributed by atoms with Crippen LogP contribution in [0.5, 0.6) is 11.5 Å². The molecule has 4 aliphatic carbocycles. The molecule has 4 N–H and O–H groups in total. The largest absolute Gasteiger partial charge is 0.450 e. The van der Waals surface area contributed by atoms with Gasteiger partial charge in [-0.15, -0.1) is 0 Å². The number of alkyl halides is 3. The van der Waals surface area contributed by atoms with Gasteiger partial charge >= 0.3 is 17.9 Å². The summed E-state index contributed by atoms with van der Waals surface area (Å²) in [6, 6.07) is 12.7. The van der Waals surface area contributed by atoms with E-state index in [0.717, 1.165) is 31.1 Å². The molecule has 2 aromatic rings. The van der Waals surface area contributed by atoms with E-state index in [1.807, 2.05) is 0 Å². The maximum absolute atomic E-state index is 13.9. The van der Waals surface area contributed by atoms with Gasteiger partial charge in [0.05, 0.1) is 0 Å². The zero-order valence-electron chi connectivity index (χ0n) is 28.0. The molecule has 4 saturated carbocycles. The smallest absolute Gasteiger partial charge is 0.422 e. The summed E-state index contributed by atoms with van der Waals surface area (Å²) >= 11 is 0. The Morgan fingerprint density at radius 2 is 1.40 bits per heavy atom. The monoisotopic (exact) mass is 656 g/mol. The van der Waals surface area contributed by atoms with Gasteiger partial charge in [0, 0.05) is 17.8 Å². The van der Waals surface area contributed by atoms with Gasteiger partial charge in [-0.3, -0.25) is 0 Å². The van der Waals surface area contributed by atoms with Gasteiger partial charge in [-0.1, -0.05) is 33.6 Å². The van der Waals surface area contributed by atoms with E-state index in [1.165, 1.54) is 44.9 Å². The van der Waals surface area contributed by atoms with Crippen molar-refractivity contribution in [3.63, 3.8) is 0 Å². The van der Waals surface area contributed by atoms with Crippen LogP contribution >= 0.6 is 0 Å². The minimum Gasteiger partial charge on any atom is -0.450 e. The summed E-state index contributed by atoms with van der Waals surface area (Å²) in [6.07, 6.45) is 7.81. The molecule has 1 unspecified atom stereocenters. The lowest BCUT2D eigenvalue weighted by atomic mass is 9.44. The Morgan fingerprint density at radius 1 is 0.809 bits per heavy atom. The highest BCUT2D eigenvalue weighted by Crippen LogP contribution is 2.68. The number of esters is 1. The number of fused-ring (bicyclic) bond motifs is 5. The molecule has 4 aliphatic rings. The van der Waals surface area contributed by atoms with Crippen LogP contribution in [-0.2, 0) is 9.53 Å². The molecule has 0 saturated heterocycles. The molecule has 47 heavy (non-hydrogen) atoms. The number of benzene rings is 2. The summed E-state index contributed by atoms with van der Waals surface area (Å²) in [4.78, 5) is 13.9. The van der Waals surface area contributed by atoms with Gasteiger partial charge in [-0.05, 0) is 146 Å². The second-order valence-electron chi connectivity index (χ2n) is 15.6. The van der Waals surface area contributed by atoms with Crippen LogP contribution < -0.4 is 20.9 Å². The van der Waals surface area contributed by atoms with Crippen LogP contribution in [0.3, 0.4) is 0 Å². The number of ether oxygens (including phenoxy) is 3. The SMILES string of the molecule is C[C@H](CC(Oc1ccc(N)cc1)(Oc1ccc(N)cc1)C(=O)OCC(F)(F)F)[C@H]1CC[C@H]2[C@@H]3CCC4CCCC[C@]4(C)[C@H]3CC[C@]12C. The van der Waals surface area contributed by atoms with Gasteiger partial charge in [-0.25, -0.2) is 4.79 Å². The fourth-order valence-corrected chi connectivity index (χ4v) is 10.8. The topological polar surface area (TPSA) is 96.8 Å². The second kappa shape index (κ2) is 12.7. The molecule has 0 aromatic heterocycles. The third-order valence-corrected chi connectivity index (χ3v) is 12.9. The lowest BCUT2D eigenvalue weighted by molar-refractivity contribution is -0.220. The number of anilines is 2. The highest BCUT2D eigenvalue weighted by Gasteiger charge is 2.61. The maximum Gasteiger partial charge on any atom is 0.422 e. The van der Waals surface area contributed by atoms with E-state index in [1.54, 1.807) is 48.5 Å². The van der Waals surface area contributed by atoms with Crippen LogP contribution in [0.25, 0.3) is 0 Å². The van der Waals surface area contributed by atoms with E-state index >= 15 is 0 Å². The van der Waals surface area contributed by atoms with Crippen molar-refractivity contribution < 1.29 is 32.2 Å². The Kier molecular flexibility index (Phi) is 9.16. The Balaban J connectivity index is 1.31. The quantitative estimate of drug-likeness (QED) is 0.159. The van der Waals surface area contributed by atoms with Gasteiger partial charge in [-0.2, -0.15) is 13.2 Å². The van der Waals surface area contributed by atoms with E-state index < -0.39 is 24.5 Å². The molecule has 258 valence electrons. The predicted molar refractivity (Wildman–Crippen MR) is 176 cm³/mol. The minimum absolute atomic E-state index is 0.0132. The third kappa shape index (κ3) is 6.65. The van der Waals surface area contributed by atoms with E-state index in [2.05, 4.69) is 20.8 Å². The number of hydrogen-bond acceptors (Lipinski definition) is 6. The molecule has 0 spiro atoms. The van der Waals surface area contributed by atoms with Crippen molar-refractivity contribution >= 4 is 17.3 Å². The first kappa shape index (κ1) is 33.8. The third-order valence-electron chi connectivity index (χ3n) is 12.9. The van der Waals surface area contributed by atoms with E-state index in [0.29, 0.717) is 28.6 Å². The second-order valence-corrected chi connectivity index (χ2v) is 15.6. The van der Waals surface area contributed by atoms with Crippen LogP contribution in [0.15, 0.2) is 48.5 Å². The average Bonchev–Trinajstić information content (AvgIpc) is 3.39. The predicted octanol–water partition coefficient (Wildman–Crippen LogP) is 9.19. The average molecular weight is 657 g/mol. The molecule has 9 heteroatoms. The van der Waals surface area contributed by atoms with Crippen molar-refractivity contribution in [3.8, 4) is 11.5 Å². The van der Waals surface area contributed by atoms with Crippen molar-refractivity contribution in [2.24, 2.45) is 46.3 Å². The molecule has 0 aliphatic heterocycles. The highest BCUT2D eigenvalue weighted by molar-refractivity contribution is 5.79. The summed E-state index contributed by atoms with van der Waals surface area (Å²) in [5, 5.41) is 0. The number of carbonyl (C=O) groups is 1. The van der Waals surface area contributed by atoms with Crippen molar-refractivity contribution in [1.29, 1.82) is 0 Å². The molecule has 4 fully saturated rings. The molecular formula is C38H51F3N2O4. The van der Waals surface area contributed by atoms with Gasteiger partial charge < -0.3 is 25.7 Å². The molecule has 2 aromatic carbocycles. The Hall–Kier alpha value is -3.10. The standard InChI is InChI=1S/C38H51F3N2O4/c1-24(31-17-18-32-30-16-7-25-6-4-5-20-35(25,2)33(30)19-21-36(31,32)3)22-37(34(44)45-23-38(39,40)41,46-28-12-8-26(42)9-13-28)47-29-14-10-27(43)11-15-29/h8-15,24-25,30-33H,4-7,16-23,42-43H2,1-3H3/t24-,25?,30+,31-,32+,33+,35+,36-/m1/s1. The highest BCUT2D eigenvalue weighted by atomic mass is 19.4. The Morgan fingerprint density at radius 3 is 2.00 bits per heavy atom. The number of rotatable bonds is 9. The summed E-state index contributed by atoms with van der Waals surface area (Å²) in [5.41, 5.74) is 13.2. The summed E-state index contributed by atoms with van der Waals surface area (Å²) < 4.78 is 57.7. The number of nitrogen functional groups attached to an aromatic ring is 2. The van der Waals surface area contributed by atoms with E-state index in [4.69, 9.17) is 25.7 Å². The van der Waals surface area contributed by atoms with Crippen molar-refractivity contribution in [1.82, 2.24) is 0 Å². The van der Waals surface area contributed by atoms with Crippen LogP contribution in [0.2, 0.25) is 0 Å². The van der Waals surface area contributed by atoms with Crippen LogP contribution in [0.1, 0.15) is 91.4 Å². The fraction of sp³-hybridized carbons (Fsp3) is 0.658. The lowest BCUT2D eigenvalue weighted by Gasteiger charge is -2.61. The molecule has 6 nitrogen and oxygen atoms in total. The molecule has 0 heterocycles. The van der Waals surface area contributed by atoms with E-state index in [9.17, 15) is 18.0 Å². The Bertz CT molecular complexity index is 1350. The molecule has 8 atom stereocenters. The minimum atomic E-state index is -4.71. The number of hydrogen-bond donors (Lipinski definition) is 2. The summed E-state index contributed by atoms with van der Waals surface area (Å²) in [6.45, 7) is 5.36. The zero-order chi connectivity index (χ0) is 33.6. The summed E-state index contributed by atoms with van der Waals surface area (Å²) in [7, 11) is 0. The number of carbonyl (C=O) groups excluding carboxylic acids is 1. The molecular weight excluding hydrogens is 605 g/mol. The van der Waals surface area contributed by atoms with Gasteiger partial charge in [0.2, 0.25) is 0 Å². The van der Waals surface area contributed by atoms with Crippen molar-refractivity contribution in [2.75, 3.05) is 18.1 Å². The molecule has 0 radical (unpaired) electrons. The number of nitrogens with two attached hydrogens (primary N) is 2.